The van der Waals surface area contributed by atoms with Gasteiger partial charge in [0, 0.05) is 18.2 Å². The van der Waals surface area contributed by atoms with E-state index >= 15 is 4.39 Å². The van der Waals surface area contributed by atoms with E-state index in [1.54, 1.807) is 49.0 Å². The van der Waals surface area contributed by atoms with Gasteiger partial charge in [0.1, 0.15) is 11.9 Å². The van der Waals surface area contributed by atoms with E-state index in [2.05, 4.69) is 10.4 Å². The molecule has 37 heavy (non-hydrogen) atoms. The maximum atomic E-state index is 15.4. The molecule has 4 unspecified atom stereocenters. The number of aromatic nitrogens is 2. The molecule has 0 bridgehead atoms. The number of nitrogens with zero attached hydrogens (tertiary/aromatic N) is 2. The Balaban J connectivity index is 1.58. The predicted octanol–water partition coefficient (Wildman–Crippen LogP) is 5.89. The number of halogens is 5. The molecule has 5 nitrogen and oxygen atoms in total. The topological polar surface area (TPSA) is 59.3 Å². The molecule has 0 fully saturated rings. The Bertz CT molecular complexity index is 1390. The van der Waals surface area contributed by atoms with Crippen LogP contribution >= 0.6 is 0 Å². The maximum Gasteiger partial charge on any atom is 0.429 e. The van der Waals surface area contributed by atoms with Gasteiger partial charge in [0.25, 0.3) is 5.67 Å². The van der Waals surface area contributed by atoms with Crippen molar-refractivity contribution in [2.24, 2.45) is 5.41 Å². The number of rotatable bonds is 4. The summed E-state index contributed by atoms with van der Waals surface area (Å²) in [6, 6.07) is 10.4. The van der Waals surface area contributed by atoms with Gasteiger partial charge in [-0.3, -0.25) is 0 Å². The first kappa shape index (κ1) is 25.4. The first-order valence-electron chi connectivity index (χ1n) is 11.8. The molecule has 10 heteroatoms. The molecule has 5 rings (SSSR count). The molecule has 1 aromatic heterocycles. The Hall–Kier alpha value is -3.24. The van der Waals surface area contributed by atoms with Gasteiger partial charge >= 0.3 is 6.18 Å². The fourth-order valence-electron chi connectivity index (χ4n) is 5.56. The Labute approximate surface area is 210 Å². The molecule has 2 aromatic carbocycles. The zero-order valence-electron chi connectivity index (χ0n) is 20.4. The molecule has 1 heterocycles. The molecule has 3 aromatic rings. The van der Waals surface area contributed by atoms with Gasteiger partial charge in [-0.1, -0.05) is 26.0 Å². The highest BCUT2D eigenvalue weighted by Gasteiger charge is 2.64. The zero-order valence-corrected chi connectivity index (χ0v) is 20.4. The average molecular weight is 520 g/mol. The number of ether oxygens (including phenoxy) is 1. The minimum absolute atomic E-state index is 0.0932. The molecule has 2 aliphatic carbocycles. The van der Waals surface area contributed by atoms with E-state index in [9.17, 15) is 22.7 Å². The van der Waals surface area contributed by atoms with Crippen molar-refractivity contribution >= 4 is 16.6 Å². The normalized spacial score (nSPS) is 27.4. The summed E-state index contributed by atoms with van der Waals surface area (Å²) in [7, 11) is 1.06. The standard InChI is InChI=1S/C27H26F5N3O2/c1-25(2)13-21(36)23(17-11-12-26(29,27(30,31)32)24(37-3)22(17)25)34-19-5-4-6-20-18(19)14-33-35(20)16-9-7-15(28)8-10-16/h4-12,14,21,23-24,34,36H,13H2,1-3H3. The van der Waals surface area contributed by atoms with Gasteiger partial charge < -0.3 is 15.2 Å². The van der Waals surface area contributed by atoms with Crippen LogP contribution in [0, 0.1) is 11.2 Å². The van der Waals surface area contributed by atoms with E-state index in [0.717, 1.165) is 13.2 Å². The summed E-state index contributed by atoms with van der Waals surface area (Å²) in [4.78, 5) is 0. The number of hydrogen-bond acceptors (Lipinski definition) is 4. The molecule has 196 valence electrons. The average Bonchev–Trinajstić information content (AvgIpc) is 3.26. The molecule has 2 N–H and O–H groups in total. The van der Waals surface area contributed by atoms with Crippen molar-refractivity contribution < 1.29 is 31.8 Å². The second-order valence-corrected chi connectivity index (χ2v) is 10.1. The minimum Gasteiger partial charge on any atom is -0.391 e. The summed E-state index contributed by atoms with van der Waals surface area (Å²) in [5.41, 5.74) is -2.21. The number of hydrogen-bond donors (Lipinski definition) is 2. The highest BCUT2D eigenvalue weighted by molar-refractivity contribution is 5.92. The Kier molecular flexibility index (Phi) is 5.95. The monoisotopic (exact) mass is 519 g/mol. The maximum absolute atomic E-state index is 15.4. The number of methoxy groups -OCH3 is 1. The molecule has 0 amide bonds. The molecule has 0 aliphatic heterocycles. The summed E-state index contributed by atoms with van der Waals surface area (Å²) in [6.45, 7) is 3.36. The second-order valence-electron chi connectivity index (χ2n) is 10.1. The largest absolute Gasteiger partial charge is 0.429 e. The number of benzene rings is 2. The zero-order chi connectivity index (χ0) is 26.8. The van der Waals surface area contributed by atoms with Crippen LogP contribution in [0.15, 0.2) is 72.0 Å². The Morgan fingerprint density at radius 2 is 1.84 bits per heavy atom. The van der Waals surface area contributed by atoms with Crippen LogP contribution < -0.4 is 5.32 Å². The lowest BCUT2D eigenvalue weighted by atomic mass is 9.63. The van der Waals surface area contributed by atoms with Gasteiger partial charge in [-0.2, -0.15) is 18.3 Å². The van der Waals surface area contributed by atoms with E-state index in [1.807, 2.05) is 6.07 Å². The number of alkyl halides is 4. The van der Waals surface area contributed by atoms with E-state index < -0.39 is 35.5 Å². The van der Waals surface area contributed by atoms with Gasteiger partial charge in [0.05, 0.1) is 29.5 Å². The van der Waals surface area contributed by atoms with Gasteiger partial charge in [0.15, 0.2) is 0 Å². The predicted molar refractivity (Wildman–Crippen MR) is 130 cm³/mol. The quantitative estimate of drug-likeness (QED) is 0.422. The van der Waals surface area contributed by atoms with Crippen LogP contribution in [0.25, 0.3) is 16.6 Å². The second kappa shape index (κ2) is 8.66. The van der Waals surface area contributed by atoms with Gasteiger partial charge in [0.2, 0.25) is 0 Å². The summed E-state index contributed by atoms with van der Waals surface area (Å²) in [6.07, 6.45) is -4.75. The van der Waals surface area contributed by atoms with Crippen LogP contribution in [0.4, 0.5) is 27.6 Å². The van der Waals surface area contributed by atoms with Crippen molar-refractivity contribution in [3.63, 3.8) is 0 Å². The third-order valence-corrected chi connectivity index (χ3v) is 7.29. The van der Waals surface area contributed by atoms with Crippen molar-refractivity contribution in [2.75, 3.05) is 12.4 Å². The lowest BCUT2D eigenvalue weighted by Crippen LogP contribution is -2.57. The van der Waals surface area contributed by atoms with Crippen LogP contribution in [0.2, 0.25) is 0 Å². The van der Waals surface area contributed by atoms with Crippen LogP contribution in [0.5, 0.6) is 0 Å². The summed E-state index contributed by atoms with van der Waals surface area (Å²) in [5.74, 6) is -0.376. The minimum atomic E-state index is -5.18. The first-order valence-corrected chi connectivity index (χ1v) is 11.8. The summed E-state index contributed by atoms with van der Waals surface area (Å²) >= 11 is 0. The fourth-order valence-corrected chi connectivity index (χ4v) is 5.56. The Morgan fingerprint density at radius 3 is 2.49 bits per heavy atom. The van der Waals surface area contributed by atoms with Crippen molar-refractivity contribution in [2.45, 2.75) is 50.4 Å². The third kappa shape index (κ3) is 4.02. The first-order chi connectivity index (χ1) is 17.4. The van der Waals surface area contributed by atoms with Gasteiger partial charge in [-0.05, 0) is 65.5 Å². The van der Waals surface area contributed by atoms with E-state index in [4.69, 9.17) is 4.74 Å². The molecular formula is C27H26F5N3O2. The lowest BCUT2D eigenvalue weighted by molar-refractivity contribution is -0.241. The van der Waals surface area contributed by atoms with Crippen LogP contribution in [-0.4, -0.2) is 52.1 Å². The number of nitrogens with one attached hydrogen (secondary N) is 1. The number of aliphatic hydroxyl groups excluding tert-OH is 1. The van der Waals surface area contributed by atoms with Gasteiger partial charge in [-0.25, -0.2) is 13.5 Å². The molecular weight excluding hydrogens is 493 g/mol. The van der Waals surface area contributed by atoms with E-state index in [0.29, 0.717) is 33.9 Å². The molecule has 0 spiro atoms. The lowest BCUT2D eigenvalue weighted by Gasteiger charge is -2.49. The van der Waals surface area contributed by atoms with Crippen molar-refractivity contribution in [3.05, 3.63) is 77.8 Å². The number of fused-ring (bicyclic) bond motifs is 1. The van der Waals surface area contributed by atoms with Crippen LogP contribution in [0.3, 0.4) is 0 Å². The highest BCUT2D eigenvalue weighted by Crippen LogP contribution is 2.53. The fraction of sp³-hybridized carbons (Fsp3) is 0.370. The summed E-state index contributed by atoms with van der Waals surface area (Å²) < 4.78 is 77.0. The van der Waals surface area contributed by atoms with E-state index in [1.165, 1.54) is 12.1 Å². The highest BCUT2D eigenvalue weighted by atomic mass is 19.4. The van der Waals surface area contributed by atoms with Crippen LogP contribution in [0.1, 0.15) is 20.3 Å². The van der Waals surface area contributed by atoms with Crippen LogP contribution in [-0.2, 0) is 4.74 Å². The molecule has 0 saturated carbocycles. The Morgan fingerprint density at radius 1 is 1.14 bits per heavy atom. The smallest absolute Gasteiger partial charge is 0.391 e. The van der Waals surface area contributed by atoms with Crippen molar-refractivity contribution in [1.82, 2.24) is 9.78 Å². The number of anilines is 1. The van der Waals surface area contributed by atoms with Crippen molar-refractivity contribution in [3.8, 4) is 5.69 Å². The molecule has 0 saturated heterocycles. The molecule has 0 radical (unpaired) electrons. The molecule has 4 atom stereocenters. The SMILES string of the molecule is COC1C2=C(C=CC1(F)C(F)(F)F)C(Nc1cccc3c1cnn3-c1ccc(F)cc1)C(O)CC2(C)C. The van der Waals surface area contributed by atoms with Gasteiger partial charge in [-0.15, -0.1) is 0 Å². The summed E-state index contributed by atoms with van der Waals surface area (Å²) in [5, 5.41) is 19.5. The molecule has 2 aliphatic rings. The van der Waals surface area contributed by atoms with Crippen molar-refractivity contribution in [1.29, 1.82) is 0 Å². The van der Waals surface area contributed by atoms with E-state index in [-0.39, 0.29) is 17.8 Å². The third-order valence-electron chi connectivity index (χ3n) is 7.29. The number of aliphatic hydroxyl groups is 1.